The van der Waals surface area contributed by atoms with Crippen LogP contribution in [0, 0.1) is 6.92 Å². The van der Waals surface area contributed by atoms with E-state index in [2.05, 4.69) is 20.5 Å². The fourth-order valence-corrected chi connectivity index (χ4v) is 1.91. The maximum absolute atomic E-state index is 11.6. The van der Waals surface area contributed by atoms with E-state index in [1.165, 1.54) is 11.8 Å². The smallest absolute Gasteiger partial charge is 0.322 e. The Balaban J connectivity index is 1.87. The molecular weight excluding hydrogens is 254 g/mol. The monoisotopic (exact) mass is 265 g/mol. The quantitative estimate of drug-likeness (QED) is 0.796. The van der Waals surface area contributed by atoms with Crippen LogP contribution in [-0.4, -0.2) is 26.8 Å². The summed E-state index contributed by atoms with van der Waals surface area (Å²) in [6.07, 6.45) is 3.17. The first-order valence-corrected chi connectivity index (χ1v) is 6.06. The lowest BCUT2D eigenvalue weighted by atomic mass is 10.4. The van der Waals surface area contributed by atoms with Gasteiger partial charge in [-0.1, -0.05) is 5.10 Å². The second-order valence-electron chi connectivity index (χ2n) is 3.38. The highest BCUT2D eigenvalue weighted by Crippen LogP contribution is 2.23. The van der Waals surface area contributed by atoms with Crippen molar-refractivity contribution in [2.24, 2.45) is 0 Å². The van der Waals surface area contributed by atoms with Crippen LogP contribution in [0.3, 0.4) is 0 Å². The summed E-state index contributed by atoms with van der Waals surface area (Å²) < 4.78 is 5.03. The Labute approximate surface area is 107 Å². The maximum atomic E-state index is 11.6. The van der Waals surface area contributed by atoms with E-state index in [0.29, 0.717) is 11.6 Å². The van der Waals surface area contributed by atoms with Crippen LogP contribution in [0.15, 0.2) is 27.8 Å². The molecule has 0 fully saturated rings. The lowest BCUT2D eigenvalue weighted by Crippen LogP contribution is -2.14. The van der Waals surface area contributed by atoms with Crippen LogP contribution >= 0.6 is 11.8 Å². The molecule has 0 aliphatic heterocycles. The number of anilines is 2. The van der Waals surface area contributed by atoms with Crippen molar-refractivity contribution in [1.29, 1.82) is 0 Å². The first-order chi connectivity index (χ1) is 8.65. The van der Waals surface area contributed by atoms with E-state index in [4.69, 9.17) is 10.2 Å². The number of nitrogens with zero attached hydrogens (tertiary/aromatic N) is 3. The Hall–Kier alpha value is -2.09. The molecule has 94 valence electrons. The molecule has 2 rings (SSSR count). The number of hydrogen-bond acceptors (Lipinski definition) is 7. The molecule has 0 unspecified atom stereocenters. The minimum Gasteiger partial charge on any atom is -0.408 e. The zero-order valence-corrected chi connectivity index (χ0v) is 10.4. The number of thioether (sulfide) groups is 1. The summed E-state index contributed by atoms with van der Waals surface area (Å²) in [4.78, 5) is 16.3. The zero-order valence-electron chi connectivity index (χ0n) is 9.58. The Kier molecular flexibility index (Phi) is 3.78. The Bertz CT molecular complexity index is 557. The SMILES string of the molecule is Cc1nnc(NC(=O)CSc2ccncc2N)o1. The van der Waals surface area contributed by atoms with E-state index in [0.717, 1.165) is 4.90 Å². The number of carbonyl (C=O) groups is 1. The third kappa shape index (κ3) is 3.20. The fourth-order valence-electron chi connectivity index (χ4n) is 1.17. The molecule has 2 aromatic heterocycles. The van der Waals surface area contributed by atoms with E-state index in [1.54, 1.807) is 25.4 Å². The third-order valence-corrected chi connectivity index (χ3v) is 3.03. The van der Waals surface area contributed by atoms with E-state index >= 15 is 0 Å². The molecule has 0 spiro atoms. The molecule has 3 N–H and O–H groups in total. The van der Waals surface area contributed by atoms with Gasteiger partial charge in [-0.05, 0) is 6.07 Å². The first-order valence-electron chi connectivity index (χ1n) is 5.07. The van der Waals surface area contributed by atoms with Crippen molar-refractivity contribution >= 4 is 29.4 Å². The Morgan fingerprint density at radius 1 is 1.56 bits per heavy atom. The summed E-state index contributed by atoms with van der Waals surface area (Å²) in [5.41, 5.74) is 6.25. The number of aryl methyl sites for hydroxylation is 1. The van der Waals surface area contributed by atoms with Crippen molar-refractivity contribution in [2.45, 2.75) is 11.8 Å². The second kappa shape index (κ2) is 5.50. The van der Waals surface area contributed by atoms with Crippen molar-refractivity contribution in [3.05, 3.63) is 24.4 Å². The number of pyridine rings is 1. The molecule has 8 heteroatoms. The average Bonchev–Trinajstić information content (AvgIpc) is 2.74. The average molecular weight is 265 g/mol. The molecule has 0 bridgehead atoms. The molecule has 0 aromatic carbocycles. The van der Waals surface area contributed by atoms with Crippen molar-refractivity contribution in [3.8, 4) is 0 Å². The van der Waals surface area contributed by atoms with Gasteiger partial charge in [-0.15, -0.1) is 16.9 Å². The number of hydrogen-bond donors (Lipinski definition) is 2. The van der Waals surface area contributed by atoms with Crippen LogP contribution in [0.25, 0.3) is 0 Å². The molecule has 0 saturated heterocycles. The van der Waals surface area contributed by atoms with Gasteiger partial charge in [0.05, 0.1) is 17.6 Å². The molecule has 0 aliphatic carbocycles. The van der Waals surface area contributed by atoms with Gasteiger partial charge in [0.25, 0.3) is 0 Å². The predicted molar refractivity (Wildman–Crippen MR) is 67.0 cm³/mol. The summed E-state index contributed by atoms with van der Waals surface area (Å²) in [6.45, 7) is 1.65. The standard InChI is InChI=1S/C10H11N5O2S/c1-6-14-15-10(17-6)13-9(16)5-18-8-2-3-12-4-7(8)11/h2-4H,5,11H2,1H3,(H,13,15,16). The highest BCUT2D eigenvalue weighted by molar-refractivity contribution is 8.00. The van der Waals surface area contributed by atoms with Gasteiger partial charge < -0.3 is 10.2 Å². The number of rotatable bonds is 4. The highest BCUT2D eigenvalue weighted by atomic mass is 32.2. The van der Waals surface area contributed by atoms with Crippen molar-refractivity contribution in [3.63, 3.8) is 0 Å². The number of nitrogens with one attached hydrogen (secondary N) is 1. The summed E-state index contributed by atoms with van der Waals surface area (Å²) in [5.74, 6) is 0.367. The van der Waals surface area contributed by atoms with E-state index in [1.807, 2.05) is 0 Å². The van der Waals surface area contributed by atoms with Gasteiger partial charge in [0.1, 0.15) is 0 Å². The number of carbonyl (C=O) groups excluding carboxylic acids is 1. The molecule has 2 aromatic rings. The Morgan fingerprint density at radius 3 is 3.06 bits per heavy atom. The number of amides is 1. The molecule has 0 aliphatic rings. The van der Waals surface area contributed by atoms with Gasteiger partial charge in [-0.2, -0.15) is 0 Å². The van der Waals surface area contributed by atoms with E-state index in [9.17, 15) is 4.79 Å². The fraction of sp³-hybridized carbons (Fsp3) is 0.200. The minimum atomic E-state index is -0.236. The number of nitrogens with two attached hydrogens (primary N) is 1. The van der Waals surface area contributed by atoms with Crippen molar-refractivity contribution in [2.75, 3.05) is 16.8 Å². The van der Waals surface area contributed by atoms with E-state index < -0.39 is 0 Å². The largest absolute Gasteiger partial charge is 0.408 e. The molecule has 18 heavy (non-hydrogen) atoms. The molecule has 2 heterocycles. The summed E-state index contributed by atoms with van der Waals surface area (Å²) >= 11 is 1.31. The van der Waals surface area contributed by atoms with Gasteiger partial charge >= 0.3 is 6.01 Å². The molecule has 0 atom stereocenters. The van der Waals surface area contributed by atoms with Gasteiger partial charge in [-0.3, -0.25) is 15.1 Å². The second-order valence-corrected chi connectivity index (χ2v) is 4.39. The van der Waals surface area contributed by atoms with Crippen LogP contribution in [0.4, 0.5) is 11.7 Å². The zero-order chi connectivity index (χ0) is 13.0. The minimum absolute atomic E-state index is 0.0980. The van der Waals surface area contributed by atoms with Gasteiger partial charge in [0.2, 0.25) is 11.8 Å². The summed E-state index contributed by atoms with van der Waals surface area (Å²) in [6, 6.07) is 1.85. The molecular formula is C10H11N5O2S. The number of aromatic nitrogens is 3. The molecule has 7 nitrogen and oxygen atoms in total. The number of nitrogen functional groups attached to an aromatic ring is 1. The molecule has 0 saturated carbocycles. The third-order valence-electron chi connectivity index (χ3n) is 1.94. The van der Waals surface area contributed by atoms with Gasteiger partial charge in [0, 0.05) is 18.0 Å². The van der Waals surface area contributed by atoms with Crippen LogP contribution < -0.4 is 11.1 Å². The van der Waals surface area contributed by atoms with Crippen molar-refractivity contribution in [1.82, 2.24) is 15.2 Å². The lowest BCUT2D eigenvalue weighted by molar-refractivity contribution is -0.113. The maximum Gasteiger partial charge on any atom is 0.322 e. The van der Waals surface area contributed by atoms with Gasteiger partial charge in [0.15, 0.2) is 0 Å². The van der Waals surface area contributed by atoms with Crippen molar-refractivity contribution < 1.29 is 9.21 Å². The molecule has 0 radical (unpaired) electrons. The highest BCUT2D eigenvalue weighted by Gasteiger charge is 2.09. The first kappa shape index (κ1) is 12.4. The predicted octanol–water partition coefficient (Wildman–Crippen LogP) is 1.09. The van der Waals surface area contributed by atoms with Crippen LogP contribution in [0.1, 0.15) is 5.89 Å². The normalized spacial score (nSPS) is 10.3. The molecule has 1 amide bonds. The topological polar surface area (TPSA) is 107 Å². The van der Waals surface area contributed by atoms with Crippen LogP contribution in [0.5, 0.6) is 0 Å². The Morgan fingerprint density at radius 2 is 2.39 bits per heavy atom. The van der Waals surface area contributed by atoms with E-state index in [-0.39, 0.29) is 17.7 Å². The van der Waals surface area contributed by atoms with Gasteiger partial charge in [-0.25, -0.2) is 0 Å². The van der Waals surface area contributed by atoms with Crippen LogP contribution in [-0.2, 0) is 4.79 Å². The lowest BCUT2D eigenvalue weighted by Gasteiger charge is -2.03. The summed E-state index contributed by atoms with van der Waals surface area (Å²) in [5, 5.41) is 9.77. The summed E-state index contributed by atoms with van der Waals surface area (Å²) in [7, 11) is 0. The van der Waals surface area contributed by atoms with Crippen LogP contribution in [0.2, 0.25) is 0 Å².